The average Bonchev–Trinajstić information content (AvgIpc) is 3.21. The maximum atomic E-state index is 12.9. The Labute approximate surface area is 164 Å². The number of amides is 1. The Bertz CT molecular complexity index is 1310. The van der Waals surface area contributed by atoms with E-state index in [1.165, 1.54) is 11.3 Å². The van der Waals surface area contributed by atoms with Crippen LogP contribution in [-0.4, -0.2) is 20.9 Å². The summed E-state index contributed by atoms with van der Waals surface area (Å²) in [4.78, 5) is 26.7. The Kier molecular flexibility index (Phi) is 4.03. The van der Waals surface area contributed by atoms with Gasteiger partial charge in [-0.2, -0.15) is 0 Å². The smallest absolute Gasteiger partial charge is 0.259 e. The van der Waals surface area contributed by atoms with Crippen molar-refractivity contribution in [3.05, 3.63) is 83.7 Å². The van der Waals surface area contributed by atoms with Crippen LogP contribution in [0.2, 0.25) is 0 Å². The fourth-order valence-electron chi connectivity index (χ4n) is 3.06. The molecule has 28 heavy (non-hydrogen) atoms. The summed E-state index contributed by atoms with van der Waals surface area (Å²) in [6, 6.07) is 22.9. The summed E-state index contributed by atoms with van der Waals surface area (Å²) in [5, 5.41) is 5.37. The molecular weight excluding hydrogens is 368 g/mol. The predicted octanol–water partition coefficient (Wildman–Crippen LogP) is 5.16. The van der Waals surface area contributed by atoms with E-state index in [2.05, 4.69) is 20.3 Å². The minimum atomic E-state index is -0.246. The lowest BCUT2D eigenvalue weighted by Gasteiger charge is -2.06. The summed E-state index contributed by atoms with van der Waals surface area (Å²) >= 11 is 1.40. The lowest BCUT2D eigenvalue weighted by Crippen LogP contribution is -2.13. The first-order chi connectivity index (χ1) is 13.8. The molecular formula is C22H14N4OS. The summed E-state index contributed by atoms with van der Waals surface area (Å²) in [7, 11) is 0. The van der Waals surface area contributed by atoms with Gasteiger partial charge in [0.2, 0.25) is 0 Å². The Morgan fingerprint density at radius 3 is 2.29 bits per heavy atom. The van der Waals surface area contributed by atoms with E-state index >= 15 is 0 Å². The molecule has 0 radical (unpaired) electrons. The zero-order chi connectivity index (χ0) is 18.9. The molecule has 5 rings (SSSR count). The fourth-order valence-corrected chi connectivity index (χ4v) is 3.78. The molecule has 0 atom stereocenters. The summed E-state index contributed by atoms with van der Waals surface area (Å²) in [6.45, 7) is 0. The summed E-state index contributed by atoms with van der Waals surface area (Å²) in [5.74, 6) is -0.246. The number of para-hydroxylation sites is 3. The summed E-state index contributed by atoms with van der Waals surface area (Å²) in [6.07, 6.45) is 0. The highest BCUT2D eigenvalue weighted by Gasteiger charge is 2.15. The molecule has 6 heteroatoms. The number of hydrogen-bond acceptors (Lipinski definition) is 5. The Morgan fingerprint density at radius 1 is 0.750 bits per heavy atom. The first kappa shape index (κ1) is 16.5. The van der Waals surface area contributed by atoms with Crippen LogP contribution in [0.5, 0.6) is 0 Å². The van der Waals surface area contributed by atoms with Gasteiger partial charge in [0.15, 0.2) is 5.13 Å². The van der Waals surface area contributed by atoms with Crippen LogP contribution in [0.1, 0.15) is 10.4 Å². The number of nitrogens with zero attached hydrogens (tertiary/aromatic N) is 3. The number of anilines is 1. The third-order valence-electron chi connectivity index (χ3n) is 4.41. The first-order valence-electron chi connectivity index (χ1n) is 8.76. The van der Waals surface area contributed by atoms with Crippen molar-refractivity contribution in [3.63, 3.8) is 0 Å². The van der Waals surface area contributed by atoms with Gasteiger partial charge in [-0.05, 0) is 24.3 Å². The number of thiazole rings is 1. The van der Waals surface area contributed by atoms with Gasteiger partial charge in [-0.25, -0.2) is 15.0 Å². The van der Waals surface area contributed by atoms with E-state index in [-0.39, 0.29) is 5.91 Å². The molecule has 0 spiro atoms. The Balaban J connectivity index is 1.49. The van der Waals surface area contributed by atoms with Crippen molar-refractivity contribution in [2.75, 3.05) is 5.32 Å². The van der Waals surface area contributed by atoms with Crippen LogP contribution in [0, 0.1) is 0 Å². The van der Waals surface area contributed by atoms with Gasteiger partial charge in [-0.3, -0.25) is 10.1 Å². The largest absolute Gasteiger partial charge is 0.298 e. The van der Waals surface area contributed by atoms with Gasteiger partial charge in [-0.15, -0.1) is 11.3 Å². The van der Waals surface area contributed by atoms with Crippen LogP contribution in [0.15, 0.2) is 78.2 Å². The standard InChI is InChI=1S/C22H14N4OS/c27-21(26-22-25-19(13-28-22)14-7-2-1-3-8-14)15-9-6-12-18-20(15)24-17-11-5-4-10-16(17)23-18/h1-13H,(H,25,26,27). The highest BCUT2D eigenvalue weighted by Crippen LogP contribution is 2.26. The Morgan fingerprint density at radius 2 is 1.46 bits per heavy atom. The van der Waals surface area contributed by atoms with E-state index in [0.717, 1.165) is 22.3 Å². The molecule has 2 heterocycles. The second kappa shape index (κ2) is 6.83. The molecule has 1 amide bonds. The van der Waals surface area contributed by atoms with E-state index in [0.29, 0.717) is 21.7 Å². The van der Waals surface area contributed by atoms with E-state index in [9.17, 15) is 4.79 Å². The van der Waals surface area contributed by atoms with Gasteiger partial charge in [0.25, 0.3) is 5.91 Å². The van der Waals surface area contributed by atoms with Crippen molar-refractivity contribution in [2.24, 2.45) is 0 Å². The zero-order valence-electron chi connectivity index (χ0n) is 14.7. The maximum Gasteiger partial charge on any atom is 0.259 e. The second-order valence-corrected chi connectivity index (χ2v) is 7.10. The molecule has 0 bridgehead atoms. The van der Waals surface area contributed by atoms with E-state index in [1.807, 2.05) is 72.1 Å². The molecule has 0 aliphatic carbocycles. The molecule has 5 nitrogen and oxygen atoms in total. The normalized spacial score (nSPS) is 11.0. The van der Waals surface area contributed by atoms with Crippen molar-refractivity contribution in [2.45, 2.75) is 0 Å². The molecule has 0 aliphatic rings. The van der Waals surface area contributed by atoms with Crippen LogP contribution in [0.4, 0.5) is 5.13 Å². The lowest BCUT2D eigenvalue weighted by molar-refractivity contribution is 0.102. The van der Waals surface area contributed by atoms with Crippen LogP contribution < -0.4 is 5.32 Å². The third-order valence-corrected chi connectivity index (χ3v) is 5.17. The molecule has 0 saturated heterocycles. The van der Waals surface area contributed by atoms with Gasteiger partial charge in [0.1, 0.15) is 5.52 Å². The van der Waals surface area contributed by atoms with Gasteiger partial charge in [-0.1, -0.05) is 48.5 Å². The van der Waals surface area contributed by atoms with Gasteiger partial charge in [0.05, 0.1) is 27.8 Å². The van der Waals surface area contributed by atoms with Gasteiger partial charge < -0.3 is 0 Å². The van der Waals surface area contributed by atoms with Gasteiger partial charge in [0, 0.05) is 10.9 Å². The average molecular weight is 382 g/mol. The monoisotopic (exact) mass is 382 g/mol. The molecule has 3 aromatic carbocycles. The highest BCUT2D eigenvalue weighted by atomic mass is 32.1. The molecule has 5 aromatic rings. The topological polar surface area (TPSA) is 67.8 Å². The van der Waals surface area contributed by atoms with Crippen molar-refractivity contribution >= 4 is 44.4 Å². The van der Waals surface area contributed by atoms with Crippen LogP contribution in [0.3, 0.4) is 0 Å². The summed E-state index contributed by atoms with van der Waals surface area (Å²) in [5.41, 5.74) is 5.17. The number of hydrogen-bond donors (Lipinski definition) is 1. The zero-order valence-corrected chi connectivity index (χ0v) is 15.5. The van der Waals surface area contributed by atoms with E-state index in [1.54, 1.807) is 6.07 Å². The number of aromatic nitrogens is 3. The Hall–Kier alpha value is -3.64. The van der Waals surface area contributed by atoms with Crippen molar-refractivity contribution in [1.29, 1.82) is 0 Å². The molecule has 0 unspecified atom stereocenters. The summed E-state index contributed by atoms with van der Waals surface area (Å²) < 4.78 is 0. The quantitative estimate of drug-likeness (QED) is 0.438. The minimum Gasteiger partial charge on any atom is -0.298 e. The highest BCUT2D eigenvalue weighted by molar-refractivity contribution is 7.14. The number of benzene rings is 3. The lowest BCUT2D eigenvalue weighted by atomic mass is 10.1. The molecule has 1 N–H and O–H groups in total. The minimum absolute atomic E-state index is 0.246. The van der Waals surface area contributed by atoms with Crippen LogP contribution in [-0.2, 0) is 0 Å². The van der Waals surface area contributed by atoms with Crippen molar-refractivity contribution in [1.82, 2.24) is 15.0 Å². The maximum absolute atomic E-state index is 12.9. The molecule has 0 saturated carbocycles. The first-order valence-corrected chi connectivity index (χ1v) is 9.64. The van der Waals surface area contributed by atoms with Crippen molar-refractivity contribution < 1.29 is 4.79 Å². The van der Waals surface area contributed by atoms with Crippen LogP contribution in [0.25, 0.3) is 33.3 Å². The van der Waals surface area contributed by atoms with Gasteiger partial charge >= 0.3 is 0 Å². The second-order valence-electron chi connectivity index (χ2n) is 6.24. The molecule has 2 aromatic heterocycles. The number of rotatable bonds is 3. The number of fused-ring (bicyclic) bond motifs is 2. The third kappa shape index (κ3) is 3.00. The van der Waals surface area contributed by atoms with E-state index in [4.69, 9.17) is 0 Å². The van der Waals surface area contributed by atoms with E-state index < -0.39 is 0 Å². The van der Waals surface area contributed by atoms with Crippen LogP contribution >= 0.6 is 11.3 Å². The number of carbonyl (C=O) groups is 1. The number of nitrogens with one attached hydrogen (secondary N) is 1. The molecule has 0 fully saturated rings. The fraction of sp³-hybridized carbons (Fsp3) is 0. The number of carbonyl (C=O) groups excluding carboxylic acids is 1. The SMILES string of the molecule is O=C(Nc1nc(-c2ccccc2)cs1)c1cccc2nc3ccccc3nc12. The molecule has 0 aliphatic heterocycles. The molecule has 134 valence electrons. The predicted molar refractivity (Wildman–Crippen MR) is 113 cm³/mol. The van der Waals surface area contributed by atoms with Crippen molar-refractivity contribution in [3.8, 4) is 11.3 Å².